The van der Waals surface area contributed by atoms with E-state index in [1.807, 2.05) is 6.07 Å². The molecule has 0 saturated heterocycles. The van der Waals surface area contributed by atoms with E-state index in [9.17, 15) is 0 Å². The summed E-state index contributed by atoms with van der Waals surface area (Å²) >= 11 is 0. The summed E-state index contributed by atoms with van der Waals surface area (Å²) in [6.07, 6.45) is 3.47. The van der Waals surface area contributed by atoms with Crippen molar-refractivity contribution in [3.05, 3.63) is 59.7 Å². The van der Waals surface area contributed by atoms with Gasteiger partial charge in [0.1, 0.15) is 11.5 Å². The molecule has 0 heterocycles. The van der Waals surface area contributed by atoms with Crippen LogP contribution in [0.3, 0.4) is 0 Å². The third-order valence-electron chi connectivity index (χ3n) is 3.89. The average molecular weight is 284 g/mol. The molecule has 0 aliphatic heterocycles. The predicted octanol–water partition coefficient (Wildman–Crippen LogP) is 4.83. The molecule has 0 aliphatic rings. The molecule has 0 fully saturated rings. The summed E-state index contributed by atoms with van der Waals surface area (Å²) < 4.78 is 10.7. The molecule has 2 aromatic carbocycles. The minimum Gasteiger partial charge on any atom is -0.497 e. The lowest BCUT2D eigenvalue weighted by Gasteiger charge is -2.14. The summed E-state index contributed by atoms with van der Waals surface area (Å²) in [6.45, 7) is 2.26. The molecule has 1 atom stereocenters. The Kier molecular flexibility index (Phi) is 5.68. The van der Waals surface area contributed by atoms with Crippen LogP contribution < -0.4 is 9.47 Å². The van der Waals surface area contributed by atoms with E-state index < -0.39 is 0 Å². The fourth-order valence-corrected chi connectivity index (χ4v) is 2.54. The summed E-state index contributed by atoms with van der Waals surface area (Å²) in [5.74, 6) is 2.22. The molecular formula is C19H24O2. The van der Waals surface area contributed by atoms with E-state index in [0.29, 0.717) is 5.92 Å². The predicted molar refractivity (Wildman–Crippen MR) is 87.3 cm³/mol. The second-order valence-corrected chi connectivity index (χ2v) is 5.42. The smallest absolute Gasteiger partial charge is 0.122 e. The van der Waals surface area contributed by atoms with Crippen molar-refractivity contribution in [1.82, 2.24) is 0 Å². The lowest BCUT2D eigenvalue weighted by molar-refractivity contribution is 0.392. The Bertz CT molecular complexity index is 526. The number of aryl methyl sites for hydroxylation is 1. The van der Waals surface area contributed by atoms with Crippen LogP contribution in [0.15, 0.2) is 48.5 Å². The molecule has 112 valence electrons. The monoisotopic (exact) mass is 284 g/mol. The molecule has 2 nitrogen and oxygen atoms in total. The van der Waals surface area contributed by atoms with E-state index >= 15 is 0 Å². The lowest BCUT2D eigenvalue weighted by atomic mass is 9.94. The van der Waals surface area contributed by atoms with Gasteiger partial charge in [-0.15, -0.1) is 0 Å². The highest BCUT2D eigenvalue weighted by Gasteiger charge is 2.09. The molecular weight excluding hydrogens is 260 g/mol. The zero-order valence-electron chi connectivity index (χ0n) is 13.1. The van der Waals surface area contributed by atoms with Crippen molar-refractivity contribution in [3.63, 3.8) is 0 Å². The molecule has 0 unspecified atom stereocenters. The highest BCUT2D eigenvalue weighted by Crippen LogP contribution is 2.29. The average Bonchev–Trinajstić information content (AvgIpc) is 2.55. The Labute approximate surface area is 127 Å². The van der Waals surface area contributed by atoms with Crippen LogP contribution in [-0.4, -0.2) is 14.2 Å². The van der Waals surface area contributed by atoms with Crippen molar-refractivity contribution in [2.75, 3.05) is 14.2 Å². The van der Waals surface area contributed by atoms with Crippen LogP contribution in [0.25, 0.3) is 0 Å². The normalized spacial score (nSPS) is 12.0. The van der Waals surface area contributed by atoms with Crippen molar-refractivity contribution < 1.29 is 9.47 Å². The lowest BCUT2D eigenvalue weighted by Crippen LogP contribution is -1.97. The van der Waals surface area contributed by atoms with Gasteiger partial charge in [0.25, 0.3) is 0 Å². The van der Waals surface area contributed by atoms with Gasteiger partial charge in [0.05, 0.1) is 14.2 Å². The van der Waals surface area contributed by atoms with Gasteiger partial charge in [-0.1, -0.05) is 37.3 Å². The zero-order valence-corrected chi connectivity index (χ0v) is 13.1. The van der Waals surface area contributed by atoms with E-state index in [4.69, 9.17) is 9.47 Å². The number of hydrogen-bond acceptors (Lipinski definition) is 2. The van der Waals surface area contributed by atoms with Crippen LogP contribution in [-0.2, 0) is 6.42 Å². The highest BCUT2D eigenvalue weighted by molar-refractivity contribution is 5.39. The van der Waals surface area contributed by atoms with E-state index in [1.54, 1.807) is 14.2 Å². The van der Waals surface area contributed by atoms with E-state index in [1.165, 1.54) is 17.5 Å². The van der Waals surface area contributed by atoms with Gasteiger partial charge in [0, 0.05) is 6.07 Å². The van der Waals surface area contributed by atoms with E-state index in [2.05, 4.69) is 49.4 Å². The maximum absolute atomic E-state index is 5.34. The van der Waals surface area contributed by atoms with Crippen molar-refractivity contribution >= 4 is 0 Å². The number of benzene rings is 2. The summed E-state index contributed by atoms with van der Waals surface area (Å²) in [4.78, 5) is 0. The zero-order chi connectivity index (χ0) is 15.1. The van der Waals surface area contributed by atoms with Crippen molar-refractivity contribution in [3.8, 4) is 11.5 Å². The number of ether oxygens (including phenoxy) is 2. The van der Waals surface area contributed by atoms with Crippen LogP contribution in [0.1, 0.15) is 36.8 Å². The Morgan fingerprint density at radius 2 is 1.52 bits per heavy atom. The van der Waals surface area contributed by atoms with Crippen molar-refractivity contribution in [2.45, 2.75) is 32.1 Å². The first-order valence-electron chi connectivity index (χ1n) is 7.50. The van der Waals surface area contributed by atoms with E-state index in [-0.39, 0.29) is 0 Å². The van der Waals surface area contributed by atoms with Crippen LogP contribution in [0, 0.1) is 0 Å². The van der Waals surface area contributed by atoms with Crippen LogP contribution in [0.4, 0.5) is 0 Å². The largest absolute Gasteiger partial charge is 0.497 e. The standard InChI is InChI=1S/C19H24O2/c1-15(8-7-11-16-9-5-4-6-10-16)17-12-18(20-2)14-19(13-17)21-3/h4-6,9-10,12-15H,7-8,11H2,1-3H3/t15-/m1/s1. The Balaban J connectivity index is 1.95. The van der Waals surface area contributed by atoms with Gasteiger partial charge in [-0.25, -0.2) is 0 Å². The molecule has 0 saturated carbocycles. The molecule has 0 amide bonds. The molecule has 0 spiro atoms. The maximum atomic E-state index is 5.34. The Hall–Kier alpha value is -1.96. The quantitative estimate of drug-likeness (QED) is 0.725. The van der Waals surface area contributed by atoms with Gasteiger partial charge < -0.3 is 9.47 Å². The molecule has 2 heteroatoms. The number of hydrogen-bond donors (Lipinski definition) is 0. The fourth-order valence-electron chi connectivity index (χ4n) is 2.54. The fraction of sp³-hybridized carbons (Fsp3) is 0.368. The maximum Gasteiger partial charge on any atom is 0.122 e. The Morgan fingerprint density at radius 1 is 0.905 bits per heavy atom. The summed E-state index contributed by atoms with van der Waals surface area (Å²) in [5, 5.41) is 0. The third-order valence-corrected chi connectivity index (χ3v) is 3.89. The summed E-state index contributed by atoms with van der Waals surface area (Å²) in [5.41, 5.74) is 2.69. The number of methoxy groups -OCH3 is 2. The molecule has 2 rings (SSSR count). The van der Waals surface area contributed by atoms with Gasteiger partial charge in [0.15, 0.2) is 0 Å². The molecule has 0 aromatic heterocycles. The summed E-state index contributed by atoms with van der Waals surface area (Å²) in [6, 6.07) is 16.8. The van der Waals surface area contributed by atoms with E-state index in [0.717, 1.165) is 24.3 Å². The SMILES string of the molecule is COc1cc(OC)cc([C@H](C)CCCc2ccccc2)c1. The molecule has 0 bridgehead atoms. The first-order chi connectivity index (χ1) is 10.2. The van der Waals surface area contributed by atoms with Gasteiger partial charge in [-0.2, -0.15) is 0 Å². The van der Waals surface area contributed by atoms with Crippen LogP contribution >= 0.6 is 0 Å². The molecule has 0 aliphatic carbocycles. The minimum absolute atomic E-state index is 0.498. The van der Waals surface area contributed by atoms with Crippen molar-refractivity contribution in [2.24, 2.45) is 0 Å². The van der Waals surface area contributed by atoms with Crippen molar-refractivity contribution in [1.29, 1.82) is 0 Å². The molecule has 0 N–H and O–H groups in total. The second kappa shape index (κ2) is 7.72. The van der Waals surface area contributed by atoms with Crippen LogP contribution in [0.5, 0.6) is 11.5 Å². The van der Waals surface area contributed by atoms with Crippen LogP contribution in [0.2, 0.25) is 0 Å². The first kappa shape index (κ1) is 15.4. The second-order valence-electron chi connectivity index (χ2n) is 5.42. The van der Waals surface area contributed by atoms with Gasteiger partial charge >= 0.3 is 0 Å². The topological polar surface area (TPSA) is 18.5 Å². The molecule has 21 heavy (non-hydrogen) atoms. The van der Waals surface area contributed by atoms with Gasteiger partial charge in [-0.3, -0.25) is 0 Å². The van der Waals surface area contributed by atoms with Gasteiger partial charge in [-0.05, 0) is 48.4 Å². The first-order valence-corrected chi connectivity index (χ1v) is 7.50. The minimum atomic E-state index is 0.498. The Morgan fingerprint density at radius 3 is 2.10 bits per heavy atom. The van der Waals surface area contributed by atoms with Gasteiger partial charge in [0.2, 0.25) is 0 Å². The summed E-state index contributed by atoms with van der Waals surface area (Å²) in [7, 11) is 3.39. The number of rotatable bonds is 7. The molecule has 0 radical (unpaired) electrons. The third kappa shape index (κ3) is 4.52. The highest BCUT2D eigenvalue weighted by atomic mass is 16.5. The molecule has 2 aromatic rings.